The summed E-state index contributed by atoms with van der Waals surface area (Å²) in [6.07, 6.45) is -29.6. The van der Waals surface area contributed by atoms with Crippen LogP contribution in [0.2, 0.25) is 0 Å². The lowest BCUT2D eigenvalue weighted by Gasteiger charge is -2.44. The summed E-state index contributed by atoms with van der Waals surface area (Å²) in [5.41, 5.74) is -7.88. The van der Waals surface area contributed by atoms with Gasteiger partial charge in [0.2, 0.25) is 0 Å². The molecule has 16 heteroatoms. The average molecular weight is 414 g/mol. The number of halogens is 16. The van der Waals surface area contributed by atoms with E-state index in [1.54, 1.807) is 0 Å². The molecular weight excluding hydrogens is 412 g/mol. The molecule has 1 fully saturated rings. The van der Waals surface area contributed by atoms with Gasteiger partial charge in [-0.3, -0.25) is 0 Å². The molecule has 1 aliphatic rings. The summed E-state index contributed by atoms with van der Waals surface area (Å²) in [5, 5.41) is 0. The van der Waals surface area contributed by atoms with Crippen LogP contribution in [0.4, 0.5) is 70.2 Å². The van der Waals surface area contributed by atoms with Crippen LogP contribution in [-0.2, 0) is 0 Å². The third-order valence-electron chi connectivity index (χ3n) is 3.67. The lowest BCUT2D eigenvalue weighted by atomic mass is 9.69. The summed E-state index contributed by atoms with van der Waals surface area (Å²) in [7, 11) is 0. The molecule has 0 heterocycles. The first-order valence-electron chi connectivity index (χ1n) is 5.50. The zero-order valence-electron chi connectivity index (χ0n) is 10.7. The minimum absolute atomic E-state index is 5.82. The Labute approximate surface area is 125 Å². The predicted octanol–water partition coefficient (Wildman–Crippen LogP) is 5.53. The maximum atomic E-state index is 13.2. The Kier molecular flexibility index (Phi) is 4.37. The Morgan fingerprint density at radius 2 is 0.800 bits per heavy atom. The normalized spacial score (nSPS) is 29.8. The van der Waals surface area contributed by atoms with Crippen molar-refractivity contribution in [1.82, 2.24) is 0 Å². The van der Waals surface area contributed by atoms with Crippen LogP contribution >= 0.6 is 0 Å². The molecule has 2 atom stereocenters. The van der Waals surface area contributed by atoms with Gasteiger partial charge >= 0.3 is 36.3 Å². The average Bonchev–Trinajstić information content (AvgIpc) is 2.35. The fourth-order valence-electron chi connectivity index (χ4n) is 2.49. The fraction of sp³-hybridized carbons (Fsp3) is 1.00. The lowest BCUT2D eigenvalue weighted by molar-refractivity contribution is -0.460. The Balaban J connectivity index is 4.04. The first-order chi connectivity index (χ1) is 10.5. The summed E-state index contributed by atoms with van der Waals surface area (Å²) in [6.45, 7) is 0. The van der Waals surface area contributed by atoms with Crippen molar-refractivity contribution in [1.29, 1.82) is 0 Å². The van der Waals surface area contributed by atoms with Crippen LogP contribution in [0.3, 0.4) is 0 Å². The van der Waals surface area contributed by atoms with E-state index < -0.39 is 53.8 Å². The molecule has 25 heavy (non-hydrogen) atoms. The molecule has 1 aliphatic carbocycles. The Morgan fingerprint density at radius 3 is 0.960 bits per heavy atom. The van der Waals surface area contributed by atoms with Crippen LogP contribution in [0.5, 0.6) is 0 Å². The van der Waals surface area contributed by atoms with E-state index in [0.717, 1.165) is 0 Å². The fourth-order valence-corrected chi connectivity index (χ4v) is 2.49. The predicted molar refractivity (Wildman–Crippen MR) is 43.8 cm³/mol. The second kappa shape index (κ2) is 4.98. The molecule has 0 nitrogen and oxygen atoms in total. The van der Waals surface area contributed by atoms with Gasteiger partial charge in [-0.1, -0.05) is 0 Å². The van der Waals surface area contributed by atoms with Crippen LogP contribution < -0.4 is 0 Å². The van der Waals surface area contributed by atoms with Crippen molar-refractivity contribution >= 4 is 0 Å². The molecule has 0 spiro atoms. The maximum absolute atomic E-state index is 13.2. The van der Waals surface area contributed by atoms with E-state index >= 15 is 0 Å². The van der Waals surface area contributed by atoms with E-state index in [1.807, 2.05) is 0 Å². The van der Waals surface area contributed by atoms with Gasteiger partial charge in [0.05, 0.1) is 5.92 Å². The van der Waals surface area contributed by atoms with Gasteiger partial charge in [-0.05, 0) is 0 Å². The largest absolute Gasteiger partial charge is 0.412 e. The molecule has 150 valence electrons. The minimum Gasteiger partial charge on any atom is -0.240 e. The van der Waals surface area contributed by atoms with Gasteiger partial charge in [0.15, 0.2) is 6.17 Å². The Bertz CT molecular complexity index is 481. The first-order valence-corrected chi connectivity index (χ1v) is 5.50. The molecule has 0 bridgehead atoms. The second-order valence-corrected chi connectivity index (χ2v) is 5.00. The summed E-state index contributed by atoms with van der Waals surface area (Å²) < 4.78 is 205. The van der Waals surface area contributed by atoms with Crippen molar-refractivity contribution in [3.05, 3.63) is 0 Å². The van der Waals surface area contributed by atoms with E-state index in [4.69, 9.17) is 0 Å². The minimum atomic E-state index is -7.92. The molecule has 0 aliphatic heterocycles. The second-order valence-electron chi connectivity index (χ2n) is 5.00. The molecule has 0 amide bonds. The van der Waals surface area contributed by atoms with Gasteiger partial charge in [-0.15, -0.1) is 0 Å². The van der Waals surface area contributed by atoms with E-state index in [1.165, 1.54) is 0 Å². The SMILES string of the molecule is FC1C(C(C(F)(F)F)(C(F)(F)F)C(F)(F)F)C(F)(F)C(F)(F)C1(F)F. The maximum Gasteiger partial charge on any atom is 0.412 e. The highest BCUT2D eigenvalue weighted by Crippen LogP contribution is 2.73. The molecule has 1 rings (SSSR count). The van der Waals surface area contributed by atoms with Crippen molar-refractivity contribution < 1.29 is 70.2 Å². The summed E-state index contributed by atoms with van der Waals surface area (Å²) in [5.74, 6) is -27.8. The van der Waals surface area contributed by atoms with Gasteiger partial charge in [-0.25, -0.2) is 4.39 Å². The zero-order chi connectivity index (χ0) is 20.7. The van der Waals surface area contributed by atoms with Crippen LogP contribution in [0, 0.1) is 11.3 Å². The van der Waals surface area contributed by atoms with Crippen molar-refractivity contribution in [3.8, 4) is 0 Å². The van der Waals surface area contributed by atoms with Crippen LogP contribution in [0.25, 0.3) is 0 Å². The molecule has 0 aromatic heterocycles. The van der Waals surface area contributed by atoms with Gasteiger partial charge in [-0.2, -0.15) is 65.9 Å². The summed E-state index contributed by atoms with van der Waals surface area (Å²) in [6, 6.07) is 0. The molecular formula is C9H2F16. The molecule has 2 unspecified atom stereocenters. The number of hydrogen-bond acceptors (Lipinski definition) is 0. The Hall–Kier alpha value is -1.12. The van der Waals surface area contributed by atoms with Gasteiger partial charge in [0, 0.05) is 0 Å². The third-order valence-corrected chi connectivity index (χ3v) is 3.67. The molecule has 0 aromatic carbocycles. The van der Waals surface area contributed by atoms with Crippen molar-refractivity contribution in [2.24, 2.45) is 11.3 Å². The quantitative estimate of drug-likeness (QED) is 0.495. The highest BCUT2D eigenvalue weighted by Gasteiger charge is 2.98. The van der Waals surface area contributed by atoms with Crippen LogP contribution in [-0.4, -0.2) is 42.5 Å². The van der Waals surface area contributed by atoms with Gasteiger partial charge < -0.3 is 0 Å². The van der Waals surface area contributed by atoms with Gasteiger partial charge in [0.25, 0.3) is 5.41 Å². The molecule has 0 radical (unpaired) electrons. The Morgan fingerprint density at radius 1 is 0.520 bits per heavy atom. The van der Waals surface area contributed by atoms with E-state index in [9.17, 15) is 70.2 Å². The standard InChI is InChI=1S/C9H2F16/c10-2-1(4(11,12)6(15,16)5(2,13)14)3(7(17,18)19,8(20,21)22)9(23,24)25/h1-2H. The zero-order valence-corrected chi connectivity index (χ0v) is 10.7. The smallest absolute Gasteiger partial charge is 0.240 e. The highest BCUT2D eigenvalue weighted by atomic mass is 19.4. The molecule has 1 saturated carbocycles. The third kappa shape index (κ3) is 2.30. The lowest BCUT2D eigenvalue weighted by Crippen LogP contribution is -2.68. The van der Waals surface area contributed by atoms with Crippen LogP contribution in [0.15, 0.2) is 0 Å². The summed E-state index contributed by atoms with van der Waals surface area (Å²) in [4.78, 5) is 0. The van der Waals surface area contributed by atoms with E-state index in [-0.39, 0.29) is 0 Å². The van der Waals surface area contributed by atoms with Crippen molar-refractivity contribution in [2.45, 2.75) is 42.5 Å². The molecule has 0 N–H and O–H groups in total. The molecule has 0 aromatic rings. The van der Waals surface area contributed by atoms with Crippen molar-refractivity contribution in [2.75, 3.05) is 0 Å². The van der Waals surface area contributed by atoms with E-state index in [0.29, 0.717) is 0 Å². The van der Waals surface area contributed by atoms with Crippen LogP contribution in [0.1, 0.15) is 0 Å². The number of hydrogen-bond donors (Lipinski definition) is 0. The topological polar surface area (TPSA) is 0 Å². The highest BCUT2D eigenvalue weighted by molar-refractivity contribution is 5.22. The molecule has 0 saturated heterocycles. The summed E-state index contributed by atoms with van der Waals surface area (Å²) >= 11 is 0. The van der Waals surface area contributed by atoms with E-state index in [2.05, 4.69) is 0 Å². The monoisotopic (exact) mass is 414 g/mol. The van der Waals surface area contributed by atoms with Gasteiger partial charge in [0.1, 0.15) is 0 Å². The first kappa shape index (κ1) is 21.9. The van der Waals surface area contributed by atoms with Crippen molar-refractivity contribution in [3.63, 3.8) is 0 Å². The number of alkyl halides is 16. The number of rotatable bonds is 1.